The van der Waals surface area contributed by atoms with Crippen LogP contribution in [0.5, 0.6) is 0 Å². The zero-order chi connectivity index (χ0) is 16.1. The van der Waals surface area contributed by atoms with Crippen molar-refractivity contribution in [1.29, 1.82) is 0 Å². The van der Waals surface area contributed by atoms with Crippen molar-refractivity contribution in [2.24, 2.45) is 0 Å². The Morgan fingerprint density at radius 3 is 2.86 bits per heavy atom. The van der Waals surface area contributed by atoms with Crippen LogP contribution in [-0.2, 0) is 6.42 Å². The van der Waals surface area contributed by atoms with Crippen LogP contribution in [-0.4, -0.2) is 10.7 Å². The molecule has 0 spiro atoms. The zero-order valence-electron chi connectivity index (χ0n) is 11.9. The van der Waals surface area contributed by atoms with E-state index >= 15 is 0 Å². The fourth-order valence-electron chi connectivity index (χ4n) is 1.92. The van der Waals surface area contributed by atoms with Gasteiger partial charge in [-0.25, -0.2) is 0 Å². The normalized spacial score (nSPS) is 11.0. The van der Waals surface area contributed by atoms with Gasteiger partial charge in [-0.15, -0.1) is 11.3 Å². The first-order chi connectivity index (χ1) is 10.5. The molecule has 0 amide bonds. The average Bonchev–Trinajstić information content (AvgIpc) is 2.87. The van der Waals surface area contributed by atoms with E-state index in [4.69, 9.17) is 0 Å². The second kappa shape index (κ2) is 7.47. The number of non-ortho nitro benzene ring substituents is 1. The number of rotatable bonds is 6. The van der Waals surface area contributed by atoms with Crippen molar-refractivity contribution in [3.63, 3.8) is 0 Å². The summed E-state index contributed by atoms with van der Waals surface area (Å²) in [6.45, 7) is 2.09. The number of aryl methyl sites for hydroxylation is 1. The molecular weight excluding hydrogens is 366 g/mol. The number of nitro benzene ring substituents is 1. The molecule has 1 heterocycles. The molecule has 0 N–H and O–H groups in total. The van der Waals surface area contributed by atoms with Crippen molar-refractivity contribution >= 4 is 44.8 Å². The zero-order valence-corrected chi connectivity index (χ0v) is 14.3. The predicted octanol–water partition coefficient (Wildman–Crippen LogP) is 5.27. The third-order valence-electron chi connectivity index (χ3n) is 2.99. The second-order valence-corrected chi connectivity index (χ2v) is 6.67. The van der Waals surface area contributed by atoms with Gasteiger partial charge in [0, 0.05) is 21.5 Å². The van der Waals surface area contributed by atoms with E-state index in [0.29, 0.717) is 10.4 Å². The summed E-state index contributed by atoms with van der Waals surface area (Å²) in [4.78, 5) is 24.3. The fraction of sp³-hybridized carbons (Fsp3) is 0.188. The van der Waals surface area contributed by atoms with E-state index in [9.17, 15) is 14.9 Å². The van der Waals surface area contributed by atoms with Crippen LogP contribution in [0.1, 0.15) is 33.5 Å². The average molecular weight is 380 g/mol. The minimum Gasteiger partial charge on any atom is -0.288 e. The van der Waals surface area contributed by atoms with Gasteiger partial charge in [0.2, 0.25) is 0 Å². The summed E-state index contributed by atoms with van der Waals surface area (Å²) in [5, 5.41) is 10.7. The van der Waals surface area contributed by atoms with Crippen LogP contribution in [0, 0.1) is 10.1 Å². The van der Waals surface area contributed by atoms with Crippen molar-refractivity contribution in [3.05, 3.63) is 66.3 Å². The maximum Gasteiger partial charge on any atom is 0.270 e. The second-order valence-electron chi connectivity index (χ2n) is 4.68. The number of hydrogen-bond acceptors (Lipinski definition) is 4. The Bertz CT molecular complexity index is 737. The lowest BCUT2D eigenvalue weighted by atomic mass is 10.1. The molecule has 6 heteroatoms. The first kappa shape index (κ1) is 16.6. The minimum absolute atomic E-state index is 0.0127. The summed E-state index contributed by atoms with van der Waals surface area (Å²) >= 11 is 4.95. The van der Waals surface area contributed by atoms with Gasteiger partial charge in [0.1, 0.15) is 0 Å². The van der Waals surface area contributed by atoms with Gasteiger partial charge in [-0.1, -0.05) is 31.6 Å². The minimum atomic E-state index is -0.452. The Hall–Kier alpha value is -1.79. The maximum absolute atomic E-state index is 12.2. The van der Waals surface area contributed by atoms with E-state index in [-0.39, 0.29) is 11.5 Å². The van der Waals surface area contributed by atoms with E-state index in [1.165, 1.54) is 29.5 Å². The molecule has 4 nitrogen and oxygen atoms in total. The Balaban J connectivity index is 2.16. The predicted molar refractivity (Wildman–Crippen MR) is 92.5 cm³/mol. The molecule has 0 aliphatic heterocycles. The molecule has 0 saturated heterocycles. The van der Waals surface area contributed by atoms with Crippen LogP contribution in [0.15, 0.2) is 40.9 Å². The van der Waals surface area contributed by atoms with Crippen molar-refractivity contribution in [2.75, 3.05) is 0 Å². The number of thiophene rings is 1. The third kappa shape index (κ3) is 4.11. The van der Waals surface area contributed by atoms with Crippen LogP contribution in [0.3, 0.4) is 0 Å². The summed E-state index contributed by atoms with van der Waals surface area (Å²) in [6.07, 6.45) is 5.01. The van der Waals surface area contributed by atoms with Crippen molar-refractivity contribution in [3.8, 4) is 0 Å². The number of halogens is 1. The first-order valence-corrected chi connectivity index (χ1v) is 8.37. The number of nitro groups is 1. The van der Waals surface area contributed by atoms with Gasteiger partial charge in [-0.3, -0.25) is 14.9 Å². The monoisotopic (exact) mass is 379 g/mol. The molecular formula is C16H14BrNO3S. The van der Waals surface area contributed by atoms with Crippen LogP contribution >= 0.6 is 27.3 Å². The van der Waals surface area contributed by atoms with E-state index < -0.39 is 4.92 Å². The molecule has 0 saturated carbocycles. The summed E-state index contributed by atoms with van der Waals surface area (Å²) in [5.41, 5.74) is 0.644. The number of ketones is 1. The van der Waals surface area contributed by atoms with Crippen LogP contribution in [0.4, 0.5) is 5.69 Å². The smallest absolute Gasteiger partial charge is 0.270 e. The van der Waals surface area contributed by atoms with Crippen LogP contribution < -0.4 is 0 Å². The van der Waals surface area contributed by atoms with E-state index in [1.54, 1.807) is 18.2 Å². The number of benzene rings is 1. The van der Waals surface area contributed by atoms with Crippen molar-refractivity contribution < 1.29 is 9.72 Å². The quantitative estimate of drug-likeness (QED) is 0.297. The molecule has 0 bridgehead atoms. The number of carbonyl (C=O) groups excluding carboxylic acids is 1. The molecule has 0 unspecified atom stereocenters. The molecule has 2 rings (SSSR count). The molecule has 114 valence electrons. The molecule has 0 atom stereocenters. The van der Waals surface area contributed by atoms with Crippen LogP contribution in [0.2, 0.25) is 0 Å². The third-order valence-corrected chi connectivity index (χ3v) is 5.16. The van der Waals surface area contributed by atoms with E-state index in [1.807, 2.05) is 6.07 Å². The Morgan fingerprint density at radius 1 is 1.41 bits per heavy atom. The highest BCUT2D eigenvalue weighted by atomic mass is 79.9. The fourth-order valence-corrected chi connectivity index (χ4v) is 3.82. The molecule has 0 aliphatic carbocycles. The molecule has 1 aromatic heterocycles. The summed E-state index contributed by atoms with van der Waals surface area (Å²) < 4.78 is 0.964. The largest absolute Gasteiger partial charge is 0.288 e. The number of carbonyl (C=O) groups is 1. The highest BCUT2D eigenvalue weighted by Crippen LogP contribution is 2.29. The van der Waals surface area contributed by atoms with Gasteiger partial charge >= 0.3 is 0 Å². The van der Waals surface area contributed by atoms with Gasteiger partial charge in [0.05, 0.1) is 9.80 Å². The van der Waals surface area contributed by atoms with Gasteiger partial charge in [-0.05, 0) is 40.1 Å². The van der Waals surface area contributed by atoms with Gasteiger partial charge in [0.15, 0.2) is 5.78 Å². The molecule has 0 radical (unpaired) electrons. The number of nitrogens with zero attached hydrogens (tertiary/aromatic N) is 1. The molecule has 0 fully saturated rings. The van der Waals surface area contributed by atoms with Gasteiger partial charge < -0.3 is 0 Å². The molecule has 1 aromatic carbocycles. The summed E-state index contributed by atoms with van der Waals surface area (Å²) in [6, 6.07) is 8.02. The van der Waals surface area contributed by atoms with Crippen LogP contribution in [0.25, 0.3) is 6.08 Å². The first-order valence-electron chi connectivity index (χ1n) is 6.76. The standard InChI is InChI=1S/C16H14BrNO3S/c1-2-4-15-13(17)10-16(22-15)14(19)8-7-11-5-3-6-12(9-11)18(20)21/h3,5-10H,2,4H2,1H3/b8-7+. The lowest BCUT2D eigenvalue weighted by Crippen LogP contribution is -1.90. The molecule has 22 heavy (non-hydrogen) atoms. The Labute approximate surface area is 140 Å². The highest BCUT2D eigenvalue weighted by Gasteiger charge is 2.11. The van der Waals surface area contributed by atoms with E-state index in [0.717, 1.165) is 22.2 Å². The Morgan fingerprint density at radius 2 is 2.18 bits per heavy atom. The lowest BCUT2D eigenvalue weighted by Gasteiger charge is -1.94. The molecule has 2 aromatic rings. The van der Waals surface area contributed by atoms with Crippen molar-refractivity contribution in [2.45, 2.75) is 19.8 Å². The Kier molecular flexibility index (Phi) is 5.63. The van der Waals surface area contributed by atoms with Crippen molar-refractivity contribution in [1.82, 2.24) is 0 Å². The van der Waals surface area contributed by atoms with Gasteiger partial charge in [0.25, 0.3) is 5.69 Å². The molecule has 0 aliphatic rings. The number of hydrogen-bond donors (Lipinski definition) is 0. The number of allylic oxidation sites excluding steroid dienone is 1. The van der Waals surface area contributed by atoms with Gasteiger partial charge in [-0.2, -0.15) is 0 Å². The highest BCUT2D eigenvalue weighted by molar-refractivity contribution is 9.10. The summed E-state index contributed by atoms with van der Waals surface area (Å²) in [7, 11) is 0. The maximum atomic E-state index is 12.2. The SMILES string of the molecule is CCCc1sc(C(=O)/C=C/c2cccc([N+](=O)[O-])c2)cc1Br. The topological polar surface area (TPSA) is 60.2 Å². The van der Waals surface area contributed by atoms with E-state index in [2.05, 4.69) is 22.9 Å². The summed E-state index contributed by atoms with van der Waals surface area (Å²) in [5.74, 6) is -0.0976. The lowest BCUT2D eigenvalue weighted by molar-refractivity contribution is -0.384.